The van der Waals surface area contributed by atoms with E-state index < -0.39 is 0 Å². The number of rotatable bonds is 3. The zero-order valence-corrected chi connectivity index (χ0v) is 39.2. The van der Waals surface area contributed by atoms with Crippen molar-refractivity contribution in [2.24, 2.45) is 0 Å². The van der Waals surface area contributed by atoms with Crippen molar-refractivity contribution in [1.82, 2.24) is 0 Å². The van der Waals surface area contributed by atoms with Gasteiger partial charge in [-0.2, -0.15) is 0 Å². The zero-order valence-electron chi connectivity index (χ0n) is 39.2. The van der Waals surface area contributed by atoms with Gasteiger partial charge >= 0.3 is 0 Å². The maximum Gasteiger partial charge on any atom is 0.139 e. The topological polar surface area (TPSA) is 16.4 Å². The van der Waals surface area contributed by atoms with Gasteiger partial charge in [0.2, 0.25) is 0 Å². The van der Waals surface area contributed by atoms with Gasteiger partial charge in [0.1, 0.15) is 11.2 Å². The summed E-state index contributed by atoms with van der Waals surface area (Å²) in [7, 11) is 0. The molecule has 0 N–H and O–H groups in total. The van der Waals surface area contributed by atoms with Crippen LogP contribution in [0.25, 0.3) is 44.2 Å². The lowest BCUT2D eigenvalue weighted by atomic mass is 9.79. The molecule has 0 bridgehead atoms. The summed E-state index contributed by atoms with van der Waals surface area (Å²) in [6.45, 7) is 37.5. The Hall–Kier alpha value is -5.08. The lowest BCUT2D eigenvalue weighted by Crippen LogP contribution is -2.18. The summed E-state index contributed by atoms with van der Waals surface area (Å²) >= 11 is 0. The number of hydrogen-bond donors (Lipinski definition) is 0. The fourth-order valence-corrected chi connectivity index (χ4v) is 10.5. The van der Waals surface area contributed by atoms with Gasteiger partial charge in [-0.3, -0.25) is 0 Å². The molecule has 6 aromatic carbocycles. The van der Waals surface area contributed by atoms with E-state index in [1.54, 1.807) is 0 Å². The molecule has 0 saturated heterocycles. The Kier molecular flexibility index (Phi) is 8.56. The quantitative estimate of drug-likeness (QED) is 0.177. The number of benzene rings is 6. The largest absolute Gasteiger partial charge is 0.456 e. The minimum absolute atomic E-state index is 0.00919. The first-order valence-electron chi connectivity index (χ1n) is 22.2. The molecule has 60 heavy (non-hydrogen) atoms. The van der Waals surface area contributed by atoms with Crippen molar-refractivity contribution in [3.8, 4) is 22.3 Å². The molecule has 0 aliphatic heterocycles. The molecule has 1 heterocycles. The fraction of sp³-hybridized carbons (Fsp3) is 0.379. The van der Waals surface area contributed by atoms with Crippen LogP contribution in [0.1, 0.15) is 155 Å². The predicted molar refractivity (Wildman–Crippen MR) is 258 cm³/mol. The highest BCUT2D eigenvalue weighted by molar-refractivity contribution is 6.08. The average molecular weight is 792 g/mol. The second-order valence-corrected chi connectivity index (χ2v) is 23.2. The van der Waals surface area contributed by atoms with E-state index in [4.69, 9.17) is 4.42 Å². The molecule has 1 aromatic heterocycles. The number of hydrogen-bond acceptors (Lipinski definition) is 2. The van der Waals surface area contributed by atoms with Gasteiger partial charge in [0.05, 0.1) is 0 Å². The molecule has 2 nitrogen and oxygen atoms in total. The van der Waals surface area contributed by atoms with E-state index in [0.717, 1.165) is 33.6 Å². The first-order chi connectivity index (χ1) is 27.8. The van der Waals surface area contributed by atoms with Gasteiger partial charge in [0.25, 0.3) is 0 Å². The predicted octanol–water partition coefficient (Wildman–Crippen LogP) is 16.9. The van der Waals surface area contributed by atoms with E-state index in [2.05, 4.69) is 219 Å². The Morgan fingerprint density at radius 2 is 0.867 bits per heavy atom. The summed E-state index contributed by atoms with van der Waals surface area (Å²) in [5, 5.41) is 2.33. The summed E-state index contributed by atoms with van der Waals surface area (Å²) in [5.74, 6) is 0. The van der Waals surface area contributed by atoms with Gasteiger partial charge in [-0.1, -0.05) is 165 Å². The first-order valence-corrected chi connectivity index (χ1v) is 22.2. The fourth-order valence-electron chi connectivity index (χ4n) is 10.5. The van der Waals surface area contributed by atoms with Crippen LogP contribution in [-0.4, -0.2) is 0 Å². The highest BCUT2D eigenvalue weighted by Crippen LogP contribution is 2.56. The van der Waals surface area contributed by atoms with Crippen LogP contribution in [0.15, 0.2) is 108 Å². The minimum atomic E-state index is -0.157. The summed E-state index contributed by atoms with van der Waals surface area (Å²) < 4.78 is 6.83. The molecule has 7 aromatic rings. The highest BCUT2D eigenvalue weighted by Gasteiger charge is 2.41. The van der Waals surface area contributed by atoms with Crippen LogP contribution in [0.5, 0.6) is 0 Å². The van der Waals surface area contributed by atoms with Gasteiger partial charge in [0, 0.05) is 44.2 Å². The van der Waals surface area contributed by atoms with Crippen molar-refractivity contribution in [2.75, 3.05) is 4.90 Å². The molecule has 2 heteroatoms. The molecule has 2 aliphatic rings. The average Bonchev–Trinajstić information content (AvgIpc) is 3.72. The van der Waals surface area contributed by atoms with Crippen LogP contribution in [0.3, 0.4) is 0 Å². The Bertz CT molecular complexity index is 2770. The molecule has 9 rings (SSSR count). The second kappa shape index (κ2) is 12.7. The van der Waals surface area contributed by atoms with Crippen LogP contribution in [0, 0.1) is 0 Å². The smallest absolute Gasteiger partial charge is 0.139 e. The van der Waals surface area contributed by atoms with E-state index in [0.29, 0.717) is 0 Å². The van der Waals surface area contributed by atoms with Crippen molar-refractivity contribution in [3.63, 3.8) is 0 Å². The van der Waals surface area contributed by atoms with Crippen LogP contribution >= 0.6 is 0 Å². The van der Waals surface area contributed by atoms with E-state index in [9.17, 15) is 0 Å². The van der Waals surface area contributed by atoms with Crippen molar-refractivity contribution in [3.05, 3.63) is 148 Å². The molecule has 0 spiro atoms. The molecule has 0 radical (unpaired) electrons. The molecular formula is C58H65NO. The van der Waals surface area contributed by atoms with Crippen molar-refractivity contribution in [2.45, 2.75) is 143 Å². The molecule has 0 amide bonds. The standard InChI is InChI=1S/C58H65NO/c1-53(2,3)34-29-41-40-31-35(25-28-49(40)60-52(41)48(30-34)56(10,11)12)59(36-23-26-38-46(32-36)57(13,14)44-21-17-19-42(50(38)44)54(4,5)6)37-24-27-39-47(33-37)58(15,16)45-22-18-20-43(51(39)45)55(7,8)9/h17-33H,1-16H3. The number of furan rings is 1. The number of fused-ring (bicyclic) bond motifs is 9. The molecular weight excluding hydrogens is 727 g/mol. The third-order valence-corrected chi connectivity index (χ3v) is 14.0. The van der Waals surface area contributed by atoms with E-state index in [1.165, 1.54) is 72.1 Å². The molecule has 0 saturated carbocycles. The van der Waals surface area contributed by atoms with Gasteiger partial charge in [-0.15, -0.1) is 0 Å². The SMILES string of the molecule is CC(C)(C)c1cc(C(C)(C)C)c2oc3ccc(N(c4ccc5c(c4)C(C)(C)c4cccc(C(C)(C)C)c4-5)c4ccc5c(c4)C(C)(C)c4cccc(C(C)(C)C)c4-5)cc3c2c1. The van der Waals surface area contributed by atoms with Crippen LogP contribution in [0.4, 0.5) is 17.1 Å². The van der Waals surface area contributed by atoms with E-state index in [1.807, 2.05) is 0 Å². The maximum absolute atomic E-state index is 6.83. The van der Waals surface area contributed by atoms with Crippen LogP contribution in [-0.2, 0) is 32.5 Å². The third kappa shape index (κ3) is 6.02. The third-order valence-electron chi connectivity index (χ3n) is 14.0. The van der Waals surface area contributed by atoms with Gasteiger partial charge < -0.3 is 9.32 Å². The molecule has 308 valence electrons. The monoisotopic (exact) mass is 792 g/mol. The van der Waals surface area contributed by atoms with E-state index in [-0.39, 0.29) is 32.5 Å². The van der Waals surface area contributed by atoms with Crippen LogP contribution < -0.4 is 4.90 Å². The van der Waals surface area contributed by atoms with Gasteiger partial charge in [0.15, 0.2) is 0 Å². The number of nitrogens with zero attached hydrogens (tertiary/aromatic N) is 1. The maximum atomic E-state index is 6.83. The summed E-state index contributed by atoms with van der Waals surface area (Å²) in [6, 6.07) is 40.0. The lowest BCUT2D eigenvalue weighted by molar-refractivity contribution is 0.559. The van der Waals surface area contributed by atoms with E-state index >= 15 is 0 Å². The Morgan fingerprint density at radius 3 is 1.32 bits per heavy atom. The molecule has 0 atom stereocenters. The highest BCUT2D eigenvalue weighted by atomic mass is 16.3. The lowest BCUT2D eigenvalue weighted by Gasteiger charge is -2.29. The van der Waals surface area contributed by atoms with Crippen molar-refractivity contribution >= 4 is 39.0 Å². The Balaban J connectivity index is 1.30. The summed E-state index contributed by atoms with van der Waals surface area (Å²) in [4.78, 5) is 2.50. The Labute approximate surface area is 360 Å². The molecule has 0 unspecified atom stereocenters. The first kappa shape index (κ1) is 40.3. The van der Waals surface area contributed by atoms with Gasteiger partial charge in [-0.05, 0) is 131 Å². The van der Waals surface area contributed by atoms with Gasteiger partial charge in [-0.25, -0.2) is 0 Å². The molecule has 2 aliphatic carbocycles. The summed E-state index contributed by atoms with van der Waals surface area (Å²) in [6.07, 6.45) is 0. The summed E-state index contributed by atoms with van der Waals surface area (Å²) in [5.41, 5.74) is 21.5. The zero-order chi connectivity index (χ0) is 43.3. The minimum Gasteiger partial charge on any atom is -0.456 e. The Morgan fingerprint density at radius 1 is 0.417 bits per heavy atom. The molecule has 0 fully saturated rings. The second-order valence-electron chi connectivity index (χ2n) is 23.2. The number of anilines is 3. The normalized spacial score (nSPS) is 15.6. The van der Waals surface area contributed by atoms with Crippen molar-refractivity contribution in [1.29, 1.82) is 0 Å². The van der Waals surface area contributed by atoms with Crippen molar-refractivity contribution < 1.29 is 4.42 Å². The van der Waals surface area contributed by atoms with Crippen LogP contribution in [0.2, 0.25) is 0 Å².